The van der Waals surface area contributed by atoms with Gasteiger partial charge in [-0.3, -0.25) is 9.78 Å². The normalized spacial score (nSPS) is 10.5. The van der Waals surface area contributed by atoms with E-state index in [0.717, 1.165) is 16.8 Å². The van der Waals surface area contributed by atoms with Gasteiger partial charge in [0.15, 0.2) is 0 Å². The summed E-state index contributed by atoms with van der Waals surface area (Å²) in [5.74, 6) is -0.0585. The van der Waals surface area contributed by atoms with Crippen LogP contribution in [0, 0.1) is 0 Å². The Morgan fingerprint density at radius 2 is 2.21 bits per heavy atom. The molecule has 0 bridgehead atoms. The monoisotopic (exact) mass is 252 g/mol. The third kappa shape index (κ3) is 2.60. The van der Waals surface area contributed by atoms with Crippen LogP contribution in [0.5, 0.6) is 0 Å². The highest BCUT2D eigenvalue weighted by atomic mass is 16.1. The highest BCUT2D eigenvalue weighted by Gasteiger charge is 2.04. The number of nitrogens with zero attached hydrogens (tertiary/aromatic N) is 3. The molecule has 5 heteroatoms. The summed E-state index contributed by atoms with van der Waals surface area (Å²) in [6, 6.07) is 9.29. The van der Waals surface area contributed by atoms with Crippen LogP contribution in [0.1, 0.15) is 5.56 Å². The van der Waals surface area contributed by atoms with Gasteiger partial charge in [-0.05, 0) is 29.8 Å². The molecular weight excluding hydrogens is 240 g/mol. The van der Waals surface area contributed by atoms with Crippen molar-refractivity contribution in [3.63, 3.8) is 0 Å². The summed E-state index contributed by atoms with van der Waals surface area (Å²) in [6.07, 6.45) is 7.23. The molecule has 3 rings (SSSR count). The lowest BCUT2D eigenvalue weighted by atomic mass is 10.2. The van der Waals surface area contributed by atoms with Gasteiger partial charge >= 0.3 is 0 Å². The third-order valence-corrected chi connectivity index (χ3v) is 2.77. The molecule has 0 aliphatic carbocycles. The van der Waals surface area contributed by atoms with Crippen molar-refractivity contribution in [3.05, 3.63) is 60.7 Å². The predicted octanol–water partition coefficient (Wildman–Crippen LogP) is 1.91. The number of fused-ring (bicyclic) bond motifs is 1. The summed E-state index contributed by atoms with van der Waals surface area (Å²) < 4.78 is 1.75. The smallest absolute Gasteiger partial charge is 0.228 e. The molecule has 0 fully saturated rings. The average Bonchev–Trinajstić information content (AvgIpc) is 2.87. The number of carbonyl (C=O) groups is 1. The molecule has 0 aromatic carbocycles. The van der Waals surface area contributed by atoms with Gasteiger partial charge < -0.3 is 5.32 Å². The molecule has 1 N–H and O–H groups in total. The largest absolute Gasteiger partial charge is 0.326 e. The number of anilines is 1. The first-order valence-electron chi connectivity index (χ1n) is 5.93. The maximum absolute atomic E-state index is 11.9. The van der Waals surface area contributed by atoms with Gasteiger partial charge in [-0.25, -0.2) is 4.52 Å². The maximum Gasteiger partial charge on any atom is 0.228 e. The molecule has 0 aliphatic rings. The Morgan fingerprint density at radius 1 is 1.26 bits per heavy atom. The Labute approximate surface area is 109 Å². The Kier molecular flexibility index (Phi) is 2.94. The number of nitrogens with one attached hydrogen (secondary N) is 1. The molecule has 94 valence electrons. The van der Waals surface area contributed by atoms with E-state index in [1.165, 1.54) is 0 Å². The van der Waals surface area contributed by atoms with E-state index in [2.05, 4.69) is 15.4 Å². The van der Waals surface area contributed by atoms with Crippen molar-refractivity contribution >= 4 is 17.1 Å². The van der Waals surface area contributed by atoms with Gasteiger partial charge in [0.2, 0.25) is 5.91 Å². The van der Waals surface area contributed by atoms with Crippen LogP contribution in [-0.2, 0) is 11.2 Å². The number of hydrogen-bond donors (Lipinski definition) is 1. The number of hydrogen-bond acceptors (Lipinski definition) is 3. The minimum Gasteiger partial charge on any atom is -0.326 e. The number of rotatable bonds is 3. The average molecular weight is 252 g/mol. The first-order valence-corrected chi connectivity index (χ1v) is 5.93. The molecule has 5 nitrogen and oxygen atoms in total. The second kappa shape index (κ2) is 4.89. The van der Waals surface area contributed by atoms with Crippen molar-refractivity contribution in [2.75, 3.05) is 5.32 Å². The van der Waals surface area contributed by atoms with Crippen molar-refractivity contribution < 1.29 is 4.79 Å². The van der Waals surface area contributed by atoms with Crippen LogP contribution in [0.25, 0.3) is 5.52 Å². The summed E-state index contributed by atoms with van der Waals surface area (Å²) in [7, 11) is 0. The molecule has 19 heavy (non-hydrogen) atoms. The van der Waals surface area contributed by atoms with E-state index in [4.69, 9.17) is 0 Å². The Balaban J connectivity index is 1.72. The zero-order chi connectivity index (χ0) is 13.1. The molecule has 0 unspecified atom stereocenters. The van der Waals surface area contributed by atoms with E-state index in [9.17, 15) is 4.79 Å². The molecule has 3 heterocycles. The molecule has 0 spiro atoms. The molecule has 0 saturated heterocycles. The van der Waals surface area contributed by atoms with Crippen molar-refractivity contribution in [2.24, 2.45) is 0 Å². The number of carbonyl (C=O) groups excluding carboxylic acids is 1. The van der Waals surface area contributed by atoms with E-state index in [-0.39, 0.29) is 5.91 Å². The molecule has 1 amide bonds. The molecular formula is C14H12N4O. The number of amides is 1. The standard InChI is InChI=1S/C14H12N4O/c19-14(8-11-2-1-5-15-10-11)17-12-4-7-18-13(9-12)3-6-16-18/h1-7,9-10H,8H2,(H,17,19). The lowest BCUT2D eigenvalue weighted by Crippen LogP contribution is -2.14. The van der Waals surface area contributed by atoms with Crippen LogP contribution in [0.3, 0.4) is 0 Å². The first kappa shape index (κ1) is 11.4. The summed E-state index contributed by atoms with van der Waals surface area (Å²) in [6.45, 7) is 0. The Morgan fingerprint density at radius 3 is 3.05 bits per heavy atom. The fraction of sp³-hybridized carbons (Fsp3) is 0.0714. The van der Waals surface area contributed by atoms with Crippen molar-refractivity contribution in [2.45, 2.75) is 6.42 Å². The summed E-state index contributed by atoms with van der Waals surface area (Å²) in [5, 5.41) is 6.97. The molecule has 0 radical (unpaired) electrons. The minimum atomic E-state index is -0.0585. The van der Waals surface area contributed by atoms with E-state index in [0.29, 0.717) is 6.42 Å². The van der Waals surface area contributed by atoms with Gasteiger partial charge in [0.1, 0.15) is 0 Å². The second-order valence-electron chi connectivity index (χ2n) is 4.20. The SMILES string of the molecule is O=C(Cc1cccnc1)Nc1ccn2nccc2c1. The first-order chi connectivity index (χ1) is 9.31. The number of aromatic nitrogens is 3. The van der Waals surface area contributed by atoms with Gasteiger partial charge in [0.05, 0.1) is 11.9 Å². The van der Waals surface area contributed by atoms with E-state index in [1.807, 2.05) is 36.5 Å². The summed E-state index contributed by atoms with van der Waals surface area (Å²) >= 11 is 0. The lowest BCUT2D eigenvalue weighted by molar-refractivity contribution is -0.115. The lowest BCUT2D eigenvalue weighted by Gasteiger charge is -2.05. The molecule has 0 atom stereocenters. The van der Waals surface area contributed by atoms with Crippen molar-refractivity contribution in [3.8, 4) is 0 Å². The second-order valence-corrected chi connectivity index (χ2v) is 4.20. The minimum absolute atomic E-state index is 0.0585. The van der Waals surface area contributed by atoms with Crippen LogP contribution < -0.4 is 5.32 Å². The van der Waals surface area contributed by atoms with E-state index < -0.39 is 0 Å². The van der Waals surface area contributed by atoms with Crippen molar-refractivity contribution in [1.82, 2.24) is 14.6 Å². The van der Waals surface area contributed by atoms with Crippen LogP contribution in [-0.4, -0.2) is 20.5 Å². The van der Waals surface area contributed by atoms with Gasteiger partial charge in [0, 0.05) is 30.5 Å². The third-order valence-electron chi connectivity index (χ3n) is 2.77. The van der Waals surface area contributed by atoms with Crippen LogP contribution in [0.15, 0.2) is 55.1 Å². The van der Waals surface area contributed by atoms with Gasteiger partial charge in [-0.15, -0.1) is 0 Å². The molecule has 3 aromatic rings. The number of pyridine rings is 2. The Bertz CT molecular complexity index is 706. The summed E-state index contributed by atoms with van der Waals surface area (Å²) in [5.41, 5.74) is 2.60. The topological polar surface area (TPSA) is 59.3 Å². The zero-order valence-corrected chi connectivity index (χ0v) is 10.2. The molecule has 0 aliphatic heterocycles. The van der Waals surface area contributed by atoms with E-state index in [1.54, 1.807) is 23.1 Å². The highest BCUT2D eigenvalue weighted by molar-refractivity contribution is 5.92. The van der Waals surface area contributed by atoms with E-state index >= 15 is 0 Å². The van der Waals surface area contributed by atoms with Crippen molar-refractivity contribution in [1.29, 1.82) is 0 Å². The Hall–Kier alpha value is -2.69. The zero-order valence-electron chi connectivity index (χ0n) is 10.2. The van der Waals surface area contributed by atoms with Crippen LogP contribution >= 0.6 is 0 Å². The molecule has 3 aromatic heterocycles. The fourth-order valence-corrected chi connectivity index (χ4v) is 1.89. The molecule has 0 saturated carbocycles. The summed E-state index contributed by atoms with van der Waals surface area (Å²) in [4.78, 5) is 15.9. The maximum atomic E-state index is 11.9. The van der Waals surface area contributed by atoms with Crippen LogP contribution in [0.2, 0.25) is 0 Å². The van der Waals surface area contributed by atoms with Gasteiger partial charge in [-0.1, -0.05) is 6.07 Å². The predicted molar refractivity (Wildman–Crippen MR) is 71.8 cm³/mol. The quantitative estimate of drug-likeness (QED) is 0.774. The van der Waals surface area contributed by atoms with Crippen LogP contribution in [0.4, 0.5) is 5.69 Å². The van der Waals surface area contributed by atoms with Gasteiger partial charge in [0.25, 0.3) is 0 Å². The fourth-order valence-electron chi connectivity index (χ4n) is 1.89. The highest BCUT2D eigenvalue weighted by Crippen LogP contribution is 2.11. The van der Waals surface area contributed by atoms with Gasteiger partial charge in [-0.2, -0.15) is 5.10 Å².